The van der Waals surface area contributed by atoms with Gasteiger partial charge in [-0.2, -0.15) is 0 Å². The molecule has 17 heavy (non-hydrogen) atoms. The first-order valence-corrected chi connectivity index (χ1v) is 6.14. The molecule has 1 aromatic rings. The number of aryl methyl sites for hydroxylation is 2. The van der Waals surface area contributed by atoms with Crippen molar-refractivity contribution >= 4 is 11.4 Å². The van der Waals surface area contributed by atoms with Gasteiger partial charge in [0.25, 0.3) is 0 Å². The van der Waals surface area contributed by atoms with Crippen LogP contribution in [-0.2, 0) is 0 Å². The van der Waals surface area contributed by atoms with Crippen LogP contribution in [0, 0.1) is 19.8 Å². The fourth-order valence-electron chi connectivity index (χ4n) is 1.80. The van der Waals surface area contributed by atoms with E-state index in [-0.39, 0.29) is 0 Å². The Morgan fingerprint density at radius 2 is 2.12 bits per heavy atom. The summed E-state index contributed by atoms with van der Waals surface area (Å²) in [5.41, 5.74) is 5.27. The van der Waals surface area contributed by atoms with Crippen molar-refractivity contribution in [3.8, 4) is 0 Å². The lowest BCUT2D eigenvalue weighted by atomic mass is 9.97. The molecule has 1 aromatic heterocycles. The lowest BCUT2D eigenvalue weighted by Crippen LogP contribution is -2.11. The highest BCUT2D eigenvalue weighted by Gasteiger charge is 2.11. The van der Waals surface area contributed by atoms with Crippen molar-refractivity contribution in [1.82, 2.24) is 4.98 Å². The van der Waals surface area contributed by atoms with Crippen molar-refractivity contribution in [1.29, 1.82) is 0 Å². The molecular weight excluding hydrogens is 208 g/mol. The number of rotatable bonds is 4. The molecule has 0 unspecified atom stereocenters. The molecule has 2 nitrogen and oxygen atoms in total. The van der Waals surface area contributed by atoms with Gasteiger partial charge in [0.15, 0.2) is 0 Å². The molecule has 0 radical (unpaired) electrons. The Morgan fingerprint density at radius 1 is 1.47 bits per heavy atom. The zero-order valence-electron chi connectivity index (χ0n) is 11.5. The maximum Gasteiger partial charge on any atom is 0.0874 e. The molecule has 0 spiro atoms. The van der Waals surface area contributed by atoms with Gasteiger partial charge in [-0.3, -0.25) is 9.98 Å². The van der Waals surface area contributed by atoms with Crippen LogP contribution in [0.4, 0.5) is 5.69 Å². The van der Waals surface area contributed by atoms with E-state index in [0.717, 1.165) is 29.1 Å². The Hall–Kier alpha value is -1.44. The van der Waals surface area contributed by atoms with E-state index in [0.29, 0.717) is 5.92 Å². The van der Waals surface area contributed by atoms with Gasteiger partial charge in [0, 0.05) is 11.9 Å². The summed E-state index contributed by atoms with van der Waals surface area (Å²) in [6.07, 6.45) is 2.90. The van der Waals surface area contributed by atoms with Gasteiger partial charge in [-0.1, -0.05) is 20.4 Å². The summed E-state index contributed by atoms with van der Waals surface area (Å²) in [5, 5.41) is 0. The van der Waals surface area contributed by atoms with Crippen molar-refractivity contribution in [2.75, 3.05) is 0 Å². The van der Waals surface area contributed by atoms with E-state index in [1.807, 2.05) is 26.1 Å². The first-order chi connectivity index (χ1) is 7.97. The van der Waals surface area contributed by atoms with E-state index in [4.69, 9.17) is 4.99 Å². The summed E-state index contributed by atoms with van der Waals surface area (Å²) in [5.74, 6) is 0.437. The molecule has 0 fully saturated rings. The van der Waals surface area contributed by atoms with Crippen LogP contribution >= 0.6 is 0 Å². The molecule has 1 heterocycles. The zero-order valence-corrected chi connectivity index (χ0v) is 11.5. The smallest absolute Gasteiger partial charge is 0.0874 e. The van der Waals surface area contributed by atoms with Gasteiger partial charge in [0.2, 0.25) is 0 Å². The molecule has 0 aliphatic carbocycles. The van der Waals surface area contributed by atoms with Crippen molar-refractivity contribution in [3.63, 3.8) is 0 Å². The Bertz CT molecular complexity index is 424. The molecule has 0 aromatic carbocycles. The zero-order chi connectivity index (χ0) is 13.0. The summed E-state index contributed by atoms with van der Waals surface area (Å²) in [7, 11) is 0. The van der Waals surface area contributed by atoms with E-state index in [9.17, 15) is 0 Å². The Balaban J connectivity index is 3.27. The summed E-state index contributed by atoms with van der Waals surface area (Å²) in [4.78, 5) is 9.08. The number of allylic oxidation sites excluding steroid dienone is 1. The van der Waals surface area contributed by atoms with Crippen LogP contribution in [0.5, 0.6) is 0 Å². The normalized spacial score (nSPS) is 13.6. The van der Waals surface area contributed by atoms with Crippen molar-refractivity contribution in [3.05, 3.63) is 35.7 Å². The number of aromatic nitrogens is 1. The van der Waals surface area contributed by atoms with E-state index >= 15 is 0 Å². The minimum atomic E-state index is 0.437. The third-order valence-electron chi connectivity index (χ3n) is 3.06. The lowest BCUT2D eigenvalue weighted by Gasteiger charge is -2.14. The maximum atomic E-state index is 4.78. The van der Waals surface area contributed by atoms with Crippen LogP contribution in [0.3, 0.4) is 0 Å². The molecular formula is C15H22N2. The summed E-state index contributed by atoms with van der Waals surface area (Å²) < 4.78 is 0. The highest BCUT2D eigenvalue weighted by molar-refractivity contribution is 6.02. The van der Waals surface area contributed by atoms with Crippen molar-refractivity contribution in [2.24, 2.45) is 10.9 Å². The number of nitrogens with zero attached hydrogens (tertiary/aromatic N) is 2. The maximum absolute atomic E-state index is 4.78. The van der Waals surface area contributed by atoms with Crippen LogP contribution in [0.25, 0.3) is 0 Å². The van der Waals surface area contributed by atoms with Crippen LogP contribution < -0.4 is 0 Å². The highest BCUT2D eigenvalue weighted by atomic mass is 14.8. The Labute approximate surface area is 105 Å². The van der Waals surface area contributed by atoms with Gasteiger partial charge in [0.1, 0.15) is 0 Å². The third-order valence-corrected chi connectivity index (χ3v) is 3.06. The summed E-state index contributed by atoms with van der Waals surface area (Å²) in [6, 6.07) is 2.00. The van der Waals surface area contributed by atoms with E-state index in [2.05, 4.69) is 32.3 Å². The Morgan fingerprint density at radius 3 is 2.59 bits per heavy atom. The second-order valence-electron chi connectivity index (χ2n) is 4.65. The first kappa shape index (κ1) is 13.6. The molecule has 1 rings (SSSR count). The quantitative estimate of drug-likeness (QED) is 0.704. The number of pyridine rings is 1. The van der Waals surface area contributed by atoms with Gasteiger partial charge in [-0.15, -0.1) is 0 Å². The average molecular weight is 230 g/mol. The van der Waals surface area contributed by atoms with Gasteiger partial charge < -0.3 is 0 Å². The largest absolute Gasteiger partial charge is 0.259 e. The van der Waals surface area contributed by atoms with Crippen LogP contribution in [0.2, 0.25) is 0 Å². The van der Waals surface area contributed by atoms with Crippen molar-refractivity contribution < 1.29 is 0 Å². The van der Waals surface area contributed by atoms with Gasteiger partial charge in [0.05, 0.1) is 11.4 Å². The molecule has 92 valence electrons. The molecule has 0 aliphatic heterocycles. The SMILES string of the molecule is C=C(C)C(=Nc1c(C)ccnc1C)[C@@H](C)CC. The average Bonchev–Trinajstić information content (AvgIpc) is 2.27. The van der Waals surface area contributed by atoms with Crippen LogP contribution in [-0.4, -0.2) is 10.7 Å². The van der Waals surface area contributed by atoms with Crippen LogP contribution in [0.15, 0.2) is 29.4 Å². The van der Waals surface area contributed by atoms with Crippen molar-refractivity contribution in [2.45, 2.75) is 41.0 Å². The fourth-order valence-corrected chi connectivity index (χ4v) is 1.80. The lowest BCUT2D eigenvalue weighted by molar-refractivity contribution is 0.738. The molecule has 0 amide bonds. The summed E-state index contributed by atoms with van der Waals surface area (Å²) >= 11 is 0. The molecule has 0 bridgehead atoms. The monoisotopic (exact) mass is 230 g/mol. The van der Waals surface area contributed by atoms with E-state index in [1.54, 1.807) is 0 Å². The fraction of sp³-hybridized carbons (Fsp3) is 0.467. The molecule has 2 heteroatoms. The van der Waals surface area contributed by atoms with E-state index in [1.165, 1.54) is 5.56 Å². The summed E-state index contributed by atoms with van der Waals surface area (Å²) in [6.45, 7) is 14.5. The second kappa shape index (κ2) is 5.76. The third kappa shape index (κ3) is 3.26. The second-order valence-corrected chi connectivity index (χ2v) is 4.65. The molecule has 0 saturated carbocycles. The standard InChI is InChI=1S/C15H22N2/c1-7-11(4)14(10(2)3)17-15-12(5)8-9-16-13(15)6/h8-9,11H,2,7H2,1,3-6H3/t11-/m0/s1. The van der Waals surface area contributed by atoms with Gasteiger partial charge in [-0.25, -0.2) is 0 Å². The molecule has 0 saturated heterocycles. The first-order valence-electron chi connectivity index (χ1n) is 6.14. The van der Waals surface area contributed by atoms with E-state index < -0.39 is 0 Å². The molecule has 1 atom stereocenters. The van der Waals surface area contributed by atoms with Gasteiger partial charge in [-0.05, 0) is 50.3 Å². The molecule has 0 N–H and O–H groups in total. The minimum Gasteiger partial charge on any atom is -0.259 e. The number of hydrogen-bond donors (Lipinski definition) is 0. The highest BCUT2D eigenvalue weighted by Crippen LogP contribution is 2.24. The van der Waals surface area contributed by atoms with Crippen LogP contribution in [0.1, 0.15) is 38.4 Å². The minimum absolute atomic E-state index is 0.437. The Kier molecular flexibility index (Phi) is 4.62. The topological polar surface area (TPSA) is 25.2 Å². The number of hydrogen-bond acceptors (Lipinski definition) is 2. The molecule has 0 aliphatic rings. The predicted octanol–water partition coefficient (Wildman–Crippen LogP) is 4.39. The predicted molar refractivity (Wildman–Crippen MR) is 75.1 cm³/mol. The number of aliphatic imine (C=N–C) groups is 1. The van der Waals surface area contributed by atoms with Gasteiger partial charge >= 0.3 is 0 Å².